The number of aromatic nitrogens is 2. The molecule has 1 aromatic heterocycles. The second-order valence-corrected chi connectivity index (χ2v) is 6.16. The van der Waals surface area contributed by atoms with E-state index in [1.165, 1.54) is 6.07 Å². The summed E-state index contributed by atoms with van der Waals surface area (Å²) in [5.41, 5.74) is 6.51. The van der Waals surface area contributed by atoms with Crippen LogP contribution in [0.25, 0.3) is 11.3 Å². The first kappa shape index (κ1) is 11.8. The van der Waals surface area contributed by atoms with Crippen LogP contribution in [-0.4, -0.2) is 31.7 Å². The molecule has 0 spiro atoms. The summed E-state index contributed by atoms with van der Waals surface area (Å²) in [5, 5.41) is 6.49. The molecule has 0 atom stereocenters. The average molecular weight is 281 g/mol. The predicted molar refractivity (Wildman–Crippen MR) is 67.7 cm³/mol. The number of ether oxygens (including phenoxy) is 2. The Hall–Kier alpha value is -2.22. The topological polar surface area (TPSA) is 107 Å². The number of aromatic amines is 1. The lowest BCUT2D eigenvalue weighted by Gasteiger charge is -2.07. The standard InChI is InChI=1S/C11H11N3O4S/c1-19(15,16)10-4-9-8(17-5-18-9)2-6(10)7-3-11(12)14-13-7/h2-4H,5H2,1H3,(H3,12,13,14). The molecule has 0 unspecified atom stereocenters. The van der Waals surface area contributed by atoms with Gasteiger partial charge in [-0.3, -0.25) is 5.10 Å². The van der Waals surface area contributed by atoms with Crippen LogP contribution in [0, 0.1) is 0 Å². The zero-order chi connectivity index (χ0) is 13.6. The second-order valence-electron chi connectivity index (χ2n) is 4.18. The Morgan fingerprint density at radius 3 is 2.53 bits per heavy atom. The summed E-state index contributed by atoms with van der Waals surface area (Å²) in [5.74, 6) is 1.19. The number of hydrogen-bond donors (Lipinski definition) is 2. The third-order valence-electron chi connectivity index (χ3n) is 2.76. The van der Waals surface area contributed by atoms with Crippen LogP contribution in [-0.2, 0) is 9.84 Å². The number of hydrogen-bond acceptors (Lipinski definition) is 6. The Balaban J connectivity index is 2.28. The quantitative estimate of drug-likeness (QED) is 0.842. The van der Waals surface area contributed by atoms with E-state index in [1.54, 1.807) is 12.1 Å². The summed E-state index contributed by atoms with van der Waals surface area (Å²) in [6, 6.07) is 4.61. The number of H-pyrrole nitrogens is 1. The minimum Gasteiger partial charge on any atom is -0.454 e. The molecule has 100 valence electrons. The van der Waals surface area contributed by atoms with Crippen molar-refractivity contribution in [1.82, 2.24) is 10.2 Å². The van der Waals surface area contributed by atoms with Gasteiger partial charge in [0, 0.05) is 24.0 Å². The van der Waals surface area contributed by atoms with Crippen LogP contribution in [0.5, 0.6) is 11.5 Å². The predicted octanol–water partition coefficient (Wildman–Crippen LogP) is 0.791. The van der Waals surface area contributed by atoms with Gasteiger partial charge in [-0.25, -0.2) is 8.42 Å². The number of benzene rings is 1. The van der Waals surface area contributed by atoms with Crippen molar-refractivity contribution in [3.05, 3.63) is 18.2 Å². The van der Waals surface area contributed by atoms with Crippen molar-refractivity contribution in [3.63, 3.8) is 0 Å². The summed E-state index contributed by atoms with van der Waals surface area (Å²) in [4.78, 5) is 0.139. The van der Waals surface area contributed by atoms with Crippen LogP contribution in [0.3, 0.4) is 0 Å². The molecule has 2 aromatic rings. The minimum absolute atomic E-state index is 0.0765. The summed E-state index contributed by atoms with van der Waals surface area (Å²) < 4.78 is 34.2. The highest BCUT2D eigenvalue weighted by Crippen LogP contribution is 2.40. The molecule has 2 heterocycles. The number of nitrogens with zero attached hydrogens (tertiary/aromatic N) is 1. The van der Waals surface area contributed by atoms with Crippen LogP contribution in [0.4, 0.5) is 5.82 Å². The highest BCUT2D eigenvalue weighted by Gasteiger charge is 2.23. The monoisotopic (exact) mass is 281 g/mol. The number of sulfone groups is 1. The van der Waals surface area contributed by atoms with Gasteiger partial charge in [-0.1, -0.05) is 0 Å². The molecule has 3 N–H and O–H groups in total. The molecule has 19 heavy (non-hydrogen) atoms. The van der Waals surface area contributed by atoms with Gasteiger partial charge in [0.1, 0.15) is 5.82 Å². The van der Waals surface area contributed by atoms with Crippen molar-refractivity contribution in [1.29, 1.82) is 0 Å². The average Bonchev–Trinajstić information content (AvgIpc) is 2.93. The van der Waals surface area contributed by atoms with E-state index in [0.717, 1.165) is 6.26 Å². The summed E-state index contributed by atoms with van der Waals surface area (Å²) in [7, 11) is -3.42. The minimum atomic E-state index is -3.42. The van der Waals surface area contributed by atoms with E-state index in [1.807, 2.05) is 0 Å². The van der Waals surface area contributed by atoms with Gasteiger partial charge in [-0.05, 0) is 6.07 Å². The number of rotatable bonds is 2. The lowest BCUT2D eigenvalue weighted by Crippen LogP contribution is -2.00. The highest BCUT2D eigenvalue weighted by atomic mass is 32.2. The first-order valence-electron chi connectivity index (χ1n) is 5.40. The van der Waals surface area contributed by atoms with Gasteiger partial charge in [-0.15, -0.1) is 0 Å². The molecule has 8 heteroatoms. The lowest BCUT2D eigenvalue weighted by atomic mass is 10.1. The zero-order valence-corrected chi connectivity index (χ0v) is 10.8. The fraction of sp³-hybridized carbons (Fsp3) is 0.182. The second kappa shape index (κ2) is 3.89. The van der Waals surface area contributed by atoms with E-state index in [2.05, 4.69) is 10.2 Å². The third-order valence-corrected chi connectivity index (χ3v) is 3.90. The van der Waals surface area contributed by atoms with Crippen molar-refractivity contribution in [2.75, 3.05) is 18.8 Å². The number of anilines is 1. The van der Waals surface area contributed by atoms with Crippen molar-refractivity contribution in [3.8, 4) is 22.8 Å². The molecule has 1 aliphatic rings. The Bertz CT molecular complexity index is 751. The van der Waals surface area contributed by atoms with Gasteiger partial charge in [0.25, 0.3) is 0 Å². The van der Waals surface area contributed by atoms with E-state index in [9.17, 15) is 8.42 Å². The maximum absolute atomic E-state index is 11.9. The maximum Gasteiger partial charge on any atom is 0.231 e. The molecule has 0 bridgehead atoms. The van der Waals surface area contributed by atoms with Crippen LogP contribution in [0.15, 0.2) is 23.1 Å². The molecule has 0 amide bonds. The molecule has 1 aliphatic heterocycles. The zero-order valence-electron chi connectivity index (χ0n) is 10.0. The Morgan fingerprint density at radius 1 is 1.26 bits per heavy atom. The van der Waals surface area contributed by atoms with Gasteiger partial charge in [-0.2, -0.15) is 5.10 Å². The molecule has 0 fully saturated rings. The molecular weight excluding hydrogens is 270 g/mol. The summed E-state index contributed by atoms with van der Waals surface area (Å²) >= 11 is 0. The van der Waals surface area contributed by atoms with Crippen molar-refractivity contribution in [2.45, 2.75) is 4.90 Å². The van der Waals surface area contributed by atoms with Gasteiger partial charge < -0.3 is 15.2 Å². The van der Waals surface area contributed by atoms with E-state index in [4.69, 9.17) is 15.2 Å². The Labute approximate surface area is 109 Å². The first-order chi connectivity index (χ1) is 8.95. The van der Waals surface area contributed by atoms with Crippen LogP contribution >= 0.6 is 0 Å². The van der Waals surface area contributed by atoms with Gasteiger partial charge in [0.2, 0.25) is 6.79 Å². The molecule has 0 radical (unpaired) electrons. The fourth-order valence-electron chi connectivity index (χ4n) is 1.92. The van der Waals surface area contributed by atoms with Crippen LogP contribution < -0.4 is 15.2 Å². The van der Waals surface area contributed by atoms with Crippen molar-refractivity contribution in [2.24, 2.45) is 0 Å². The normalized spacial score (nSPS) is 13.7. The molecular formula is C11H11N3O4S. The smallest absolute Gasteiger partial charge is 0.231 e. The van der Waals surface area contributed by atoms with E-state index in [0.29, 0.717) is 22.8 Å². The molecule has 0 saturated heterocycles. The van der Waals surface area contributed by atoms with E-state index in [-0.39, 0.29) is 17.5 Å². The number of nitrogens with two attached hydrogens (primary N) is 1. The van der Waals surface area contributed by atoms with Crippen molar-refractivity contribution >= 4 is 15.7 Å². The largest absolute Gasteiger partial charge is 0.454 e. The third kappa shape index (κ3) is 1.99. The molecule has 3 rings (SSSR count). The Morgan fingerprint density at radius 2 is 1.95 bits per heavy atom. The SMILES string of the molecule is CS(=O)(=O)c1cc2c(cc1-c1cc(N)n[nH]1)OCO2. The first-order valence-corrected chi connectivity index (χ1v) is 7.29. The number of nitrogens with one attached hydrogen (secondary N) is 1. The molecule has 7 nitrogen and oxygen atoms in total. The maximum atomic E-state index is 11.9. The molecule has 0 saturated carbocycles. The number of fused-ring (bicyclic) bond motifs is 1. The fourth-order valence-corrected chi connectivity index (χ4v) is 2.81. The highest BCUT2D eigenvalue weighted by molar-refractivity contribution is 7.90. The molecule has 0 aliphatic carbocycles. The van der Waals surface area contributed by atoms with Gasteiger partial charge in [0.05, 0.1) is 10.6 Å². The Kier molecular flexibility index (Phi) is 2.42. The number of nitrogen functional groups attached to an aromatic ring is 1. The van der Waals surface area contributed by atoms with E-state index < -0.39 is 9.84 Å². The summed E-state index contributed by atoms with van der Waals surface area (Å²) in [6.45, 7) is 0.0765. The molecule has 1 aromatic carbocycles. The summed E-state index contributed by atoms with van der Waals surface area (Å²) in [6.07, 6.45) is 1.13. The van der Waals surface area contributed by atoms with E-state index >= 15 is 0 Å². The van der Waals surface area contributed by atoms with Gasteiger partial charge >= 0.3 is 0 Å². The van der Waals surface area contributed by atoms with Crippen molar-refractivity contribution < 1.29 is 17.9 Å². The lowest BCUT2D eigenvalue weighted by molar-refractivity contribution is 0.174. The van der Waals surface area contributed by atoms with Crippen LogP contribution in [0.1, 0.15) is 0 Å². The van der Waals surface area contributed by atoms with Gasteiger partial charge in [0.15, 0.2) is 21.3 Å². The van der Waals surface area contributed by atoms with Crippen LogP contribution in [0.2, 0.25) is 0 Å².